The third-order valence-electron chi connectivity index (χ3n) is 3.35. The van der Waals surface area contributed by atoms with Crippen LogP contribution in [-0.2, 0) is 19.1 Å². The van der Waals surface area contributed by atoms with Crippen molar-refractivity contribution < 1.29 is 23.9 Å². The van der Waals surface area contributed by atoms with Crippen LogP contribution in [0.1, 0.15) is 46.5 Å². The van der Waals surface area contributed by atoms with Crippen LogP contribution in [0.3, 0.4) is 0 Å². The fourth-order valence-corrected chi connectivity index (χ4v) is 2.41. The number of amides is 1. The first-order valence-electron chi connectivity index (χ1n) is 7.30. The summed E-state index contributed by atoms with van der Waals surface area (Å²) in [5.41, 5.74) is -0.609. The van der Waals surface area contributed by atoms with Crippen LogP contribution in [0, 0.1) is 5.92 Å². The summed E-state index contributed by atoms with van der Waals surface area (Å²) in [5, 5.41) is 2.71. The zero-order chi connectivity index (χ0) is 16.0. The molecule has 0 radical (unpaired) electrons. The van der Waals surface area contributed by atoms with Crippen LogP contribution in [0.2, 0.25) is 0 Å². The van der Waals surface area contributed by atoms with E-state index in [1.807, 2.05) is 0 Å². The van der Waals surface area contributed by atoms with E-state index >= 15 is 0 Å². The van der Waals surface area contributed by atoms with E-state index in [1.165, 1.54) is 0 Å². The smallest absolute Gasteiger partial charge is 0.407 e. The molecule has 0 heterocycles. The second-order valence-corrected chi connectivity index (χ2v) is 6.32. The molecule has 1 N–H and O–H groups in total. The second kappa shape index (κ2) is 7.54. The maximum atomic E-state index is 12.0. The minimum Gasteiger partial charge on any atom is -0.444 e. The number of hydrogen-bond donors (Lipinski definition) is 1. The highest BCUT2D eigenvalue weighted by atomic mass is 16.6. The number of nitrogens with one attached hydrogen (secondary N) is 1. The molecule has 1 aliphatic rings. The lowest BCUT2D eigenvalue weighted by molar-refractivity contribution is -0.141. The Morgan fingerprint density at radius 2 is 2.05 bits per heavy atom. The number of ether oxygens (including phenoxy) is 2. The monoisotopic (exact) mass is 299 g/mol. The van der Waals surface area contributed by atoms with Gasteiger partial charge in [0, 0.05) is 32.1 Å². The quantitative estimate of drug-likeness (QED) is 0.784. The predicted octanol–water partition coefficient (Wildman–Crippen LogP) is 1.85. The molecule has 1 saturated carbocycles. The largest absolute Gasteiger partial charge is 0.444 e. The Labute approximate surface area is 125 Å². The second-order valence-electron chi connectivity index (χ2n) is 6.32. The fourth-order valence-electron chi connectivity index (χ4n) is 2.41. The highest BCUT2D eigenvalue weighted by Crippen LogP contribution is 2.23. The Hall–Kier alpha value is -1.43. The lowest BCUT2D eigenvalue weighted by Crippen LogP contribution is -2.48. The van der Waals surface area contributed by atoms with Gasteiger partial charge in [-0.05, 0) is 40.0 Å². The third-order valence-corrected chi connectivity index (χ3v) is 3.35. The van der Waals surface area contributed by atoms with E-state index in [0.717, 1.165) is 0 Å². The van der Waals surface area contributed by atoms with Gasteiger partial charge in [0.2, 0.25) is 5.78 Å². The van der Waals surface area contributed by atoms with E-state index < -0.39 is 29.4 Å². The van der Waals surface area contributed by atoms with Gasteiger partial charge in [-0.1, -0.05) is 0 Å². The Kier molecular flexibility index (Phi) is 6.33. The van der Waals surface area contributed by atoms with Crippen LogP contribution in [0.25, 0.3) is 0 Å². The molecule has 6 heteroatoms. The van der Waals surface area contributed by atoms with Crippen LogP contribution >= 0.6 is 0 Å². The fraction of sp³-hybridized carbons (Fsp3) is 0.800. The van der Waals surface area contributed by atoms with E-state index in [9.17, 15) is 14.4 Å². The highest BCUT2D eigenvalue weighted by molar-refractivity contribution is 6.38. The maximum absolute atomic E-state index is 12.0. The number of methoxy groups -OCH3 is 1. The van der Waals surface area contributed by atoms with Gasteiger partial charge in [-0.15, -0.1) is 0 Å². The molecule has 21 heavy (non-hydrogen) atoms. The van der Waals surface area contributed by atoms with E-state index in [1.54, 1.807) is 27.9 Å². The van der Waals surface area contributed by atoms with Gasteiger partial charge in [0.1, 0.15) is 5.60 Å². The molecule has 2 atom stereocenters. The highest BCUT2D eigenvalue weighted by Gasteiger charge is 2.36. The lowest BCUT2D eigenvalue weighted by atomic mass is 9.81. The minimum absolute atomic E-state index is 0.304. The summed E-state index contributed by atoms with van der Waals surface area (Å²) < 4.78 is 10.2. The zero-order valence-corrected chi connectivity index (χ0v) is 13.2. The first-order valence-corrected chi connectivity index (χ1v) is 7.30. The van der Waals surface area contributed by atoms with Crippen LogP contribution in [0.5, 0.6) is 0 Å². The molecule has 0 spiro atoms. The van der Waals surface area contributed by atoms with E-state index in [-0.39, 0.29) is 5.78 Å². The third kappa shape index (κ3) is 5.83. The van der Waals surface area contributed by atoms with Crippen LogP contribution in [0.15, 0.2) is 0 Å². The molecule has 1 fully saturated rings. The molecular weight excluding hydrogens is 274 g/mol. The van der Waals surface area contributed by atoms with Crippen molar-refractivity contribution in [2.45, 2.75) is 58.1 Å². The molecule has 0 saturated heterocycles. The molecule has 0 bridgehead atoms. The molecule has 2 unspecified atom stereocenters. The molecule has 1 rings (SSSR count). The van der Waals surface area contributed by atoms with Crippen LogP contribution < -0.4 is 5.32 Å². The van der Waals surface area contributed by atoms with Crippen molar-refractivity contribution in [3.05, 3.63) is 0 Å². The molecular formula is C15H25NO5. The Morgan fingerprint density at radius 3 is 2.62 bits per heavy atom. The van der Waals surface area contributed by atoms with Gasteiger partial charge in [-0.3, -0.25) is 9.59 Å². The standard InChI is InChI=1S/C15H25NO5/c1-15(2,3)21-14(19)16-11(8-9-20-4)10-6-5-7-12(17)13(10)18/h10-11H,5-9H2,1-4H3,(H,16,19). The predicted molar refractivity (Wildman–Crippen MR) is 77.0 cm³/mol. The summed E-state index contributed by atoms with van der Waals surface area (Å²) in [4.78, 5) is 35.5. The number of hydrogen-bond acceptors (Lipinski definition) is 5. The molecule has 120 valence electrons. The Bertz CT molecular complexity index is 399. The topological polar surface area (TPSA) is 81.7 Å². The summed E-state index contributed by atoms with van der Waals surface area (Å²) in [6.45, 7) is 5.71. The number of alkyl carbamates (subject to hydrolysis) is 1. The summed E-state index contributed by atoms with van der Waals surface area (Å²) in [6.07, 6.45) is 1.48. The number of carbonyl (C=O) groups excluding carboxylic acids is 3. The number of rotatable bonds is 5. The summed E-state index contributed by atoms with van der Waals surface area (Å²) in [7, 11) is 1.55. The Balaban J connectivity index is 2.73. The van der Waals surface area contributed by atoms with E-state index in [2.05, 4.69) is 5.32 Å². The molecule has 0 aromatic heterocycles. The van der Waals surface area contributed by atoms with Crippen molar-refractivity contribution in [3.8, 4) is 0 Å². The first kappa shape index (κ1) is 17.6. The molecule has 0 aromatic carbocycles. The van der Waals surface area contributed by atoms with Crippen molar-refractivity contribution in [1.29, 1.82) is 0 Å². The molecule has 1 amide bonds. The van der Waals surface area contributed by atoms with Crippen molar-refractivity contribution in [1.82, 2.24) is 5.32 Å². The number of ketones is 2. The van der Waals surface area contributed by atoms with Crippen LogP contribution in [0.4, 0.5) is 4.79 Å². The normalized spacial score (nSPS) is 21.0. The minimum atomic E-state index is -0.609. The molecule has 0 aliphatic heterocycles. The van der Waals surface area contributed by atoms with Gasteiger partial charge in [0.15, 0.2) is 5.78 Å². The van der Waals surface area contributed by atoms with Gasteiger partial charge in [-0.25, -0.2) is 4.79 Å². The average Bonchev–Trinajstić information content (AvgIpc) is 2.36. The van der Waals surface area contributed by atoms with Gasteiger partial charge in [-0.2, -0.15) is 0 Å². The number of Topliss-reactive ketones (excluding diaryl/α,β-unsaturated/α-hetero) is 2. The first-order chi connectivity index (χ1) is 9.74. The summed E-state index contributed by atoms with van der Waals surface area (Å²) >= 11 is 0. The van der Waals surface area contributed by atoms with E-state index in [0.29, 0.717) is 32.3 Å². The van der Waals surface area contributed by atoms with Crippen molar-refractivity contribution in [2.75, 3.05) is 13.7 Å². The molecule has 6 nitrogen and oxygen atoms in total. The zero-order valence-electron chi connectivity index (χ0n) is 13.2. The van der Waals surface area contributed by atoms with Crippen molar-refractivity contribution >= 4 is 17.7 Å². The van der Waals surface area contributed by atoms with Gasteiger partial charge >= 0.3 is 6.09 Å². The number of carbonyl (C=O) groups is 3. The molecule has 0 aromatic rings. The molecule has 1 aliphatic carbocycles. The SMILES string of the molecule is COCCC(NC(=O)OC(C)(C)C)C1CCCC(=O)C1=O. The maximum Gasteiger partial charge on any atom is 0.407 e. The van der Waals surface area contributed by atoms with Crippen molar-refractivity contribution in [3.63, 3.8) is 0 Å². The average molecular weight is 299 g/mol. The van der Waals surface area contributed by atoms with E-state index in [4.69, 9.17) is 9.47 Å². The lowest BCUT2D eigenvalue weighted by Gasteiger charge is -2.30. The summed E-state index contributed by atoms with van der Waals surface area (Å²) in [6, 6.07) is -0.434. The van der Waals surface area contributed by atoms with Gasteiger partial charge in [0.05, 0.1) is 0 Å². The Morgan fingerprint density at radius 1 is 1.38 bits per heavy atom. The van der Waals surface area contributed by atoms with Crippen LogP contribution in [-0.4, -0.2) is 43.0 Å². The van der Waals surface area contributed by atoms with Crippen molar-refractivity contribution in [2.24, 2.45) is 5.92 Å². The summed E-state index contributed by atoms with van der Waals surface area (Å²) in [5.74, 6) is -1.22. The van der Waals surface area contributed by atoms with Gasteiger partial charge in [0.25, 0.3) is 0 Å². The van der Waals surface area contributed by atoms with Gasteiger partial charge < -0.3 is 14.8 Å².